The second-order valence-corrected chi connectivity index (χ2v) is 6.79. The summed E-state index contributed by atoms with van der Waals surface area (Å²) in [4.78, 5) is 2.13. The van der Waals surface area contributed by atoms with Crippen molar-refractivity contribution in [3.8, 4) is 0 Å². The molecular formula is C19H24N2O2S. The van der Waals surface area contributed by atoms with Gasteiger partial charge in [0.15, 0.2) is 5.11 Å². The smallest absolute Gasteiger partial charge is 0.173 e. The van der Waals surface area contributed by atoms with Crippen LogP contribution in [0.15, 0.2) is 41.0 Å². The standard InChI is InChI=1S/C19H24N2O2S/c1-14-9-15(2)11-16(10-14)20-19(24)21(12-17-5-3-7-22-17)13-18-6-4-8-23-18/h3,5,7,9-11,18H,4,6,8,12-13H2,1-2H3,(H,20,24). The average molecular weight is 344 g/mol. The summed E-state index contributed by atoms with van der Waals surface area (Å²) in [5, 5.41) is 4.07. The van der Waals surface area contributed by atoms with Crippen LogP contribution in [0.3, 0.4) is 0 Å². The molecule has 24 heavy (non-hydrogen) atoms. The molecule has 4 nitrogen and oxygen atoms in total. The fourth-order valence-electron chi connectivity index (χ4n) is 3.09. The van der Waals surface area contributed by atoms with Crippen LogP contribution in [0.25, 0.3) is 0 Å². The molecule has 1 aromatic carbocycles. The molecule has 5 heteroatoms. The Hall–Kier alpha value is -1.85. The number of nitrogens with one attached hydrogen (secondary N) is 1. The highest BCUT2D eigenvalue weighted by atomic mass is 32.1. The maximum absolute atomic E-state index is 5.78. The highest BCUT2D eigenvalue weighted by Crippen LogP contribution is 2.18. The van der Waals surface area contributed by atoms with Crippen LogP contribution < -0.4 is 5.32 Å². The van der Waals surface area contributed by atoms with E-state index in [0.717, 1.165) is 37.4 Å². The number of thiocarbonyl (C=S) groups is 1. The summed E-state index contributed by atoms with van der Waals surface area (Å²) >= 11 is 5.67. The fraction of sp³-hybridized carbons (Fsp3) is 0.421. The first-order chi connectivity index (χ1) is 11.6. The monoisotopic (exact) mass is 344 g/mol. The van der Waals surface area contributed by atoms with E-state index in [9.17, 15) is 0 Å². The topological polar surface area (TPSA) is 37.6 Å². The third kappa shape index (κ3) is 4.58. The molecule has 1 aromatic heterocycles. The lowest BCUT2D eigenvalue weighted by Gasteiger charge is -2.27. The van der Waals surface area contributed by atoms with Gasteiger partial charge in [0.2, 0.25) is 0 Å². The second kappa shape index (κ2) is 7.81. The lowest BCUT2D eigenvalue weighted by Crippen LogP contribution is -2.39. The van der Waals surface area contributed by atoms with Crippen LogP contribution in [-0.2, 0) is 11.3 Å². The van der Waals surface area contributed by atoms with Gasteiger partial charge < -0.3 is 19.4 Å². The zero-order chi connectivity index (χ0) is 16.9. The van der Waals surface area contributed by atoms with E-state index in [1.165, 1.54) is 11.1 Å². The molecule has 2 aromatic rings. The zero-order valence-corrected chi connectivity index (χ0v) is 15.1. The van der Waals surface area contributed by atoms with Gasteiger partial charge in [-0.05, 0) is 74.3 Å². The number of aryl methyl sites for hydroxylation is 2. The lowest BCUT2D eigenvalue weighted by molar-refractivity contribution is 0.0892. The van der Waals surface area contributed by atoms with Gasteiger partial charge in [-0.15, -0.1) is 0 Å². The number of hydrogen-bond acceptors (Lipinski definition) is 3. The highest BCUT2D eigenvalue weighted by Gasteiger charge is 2.22. The molecule has 1 fully saturated rings. The Morgan fingerprint density at radius 2 is 2.08 bits per heavy atom. The van der Waals surface area contributed by atoms with Crippen LogP contribution in [0.5, 0.6) is 0 Å². The first-order valence-corrected chi connectivity index (χ1v) is 8.79. The molecule has 1 aliphatic rings. The lowest BCUT2D eigenvalue weighted by atomic mass is 10.1. The molecule has 1 N–H and O–H groups in total. The summed E-state index contributed by atoms with van der Waals surface area (Å²) < 4.78 is 11.3. The SMILES string of the molecule is Cc1cc(C)cc(NC(=S)N(Cc2ccco2)CC2CCCO2)c1. The molecule has 0 aliphatic carbocycles. The third-order valence-electron chi connectivity index (χ3n) is 4.13. The molecule has 1 saturated heterocycles. The number of rotatable bonds is 5. The van der Waals surface area contributed by atoms with Crippen molar-refractivity contribution in [3.05, 3.63) is 53.5 Å². The molecule has 2 heterocycles. The summed E-state index contributed by atoms with van der Waals surface area (Å²) in [7, 11) is 0. The van der Waals surface area contributed by atoms with Gasteiger partial charge in [0.05, 0.1) is 18.9 Å². The summed E-state index contributed by atoms with van der Waals surface area (Å²) in [6.45, 7) is 6.44. The van der Waals surface area contributed by atoms with Crippen LogP contribution in [0, 0.1) is 13.8 Å². The number of hydrogen-bond donors (Lipinski definition) is 1. The Balaban J connectivity index is 1.71. The van der Waals surface area contributed by atoms with Crippen LogP contribution in [0.2, 0.25) is 0 Å². The van der Waals surface area contributed by atoms with Gasteiger partial charge in [0, 0.05) is 18.8 Å². The maximum Gasteiger partial charge on any atom is 0.173 e. The van der Waals surface area contributed by atoms with Crippen molar-refractivity contribution in [2.24, 2.45) is 0 Å². The van der Waals surface area contributed by atoms with Crippen molar-refractivity contribution in [1.82, 2.24) is 4.90 Å². The predicted octanol–water partition coefficient (Wildman–Crippen LogP) is 4.27. The molecule has 0 saturated carbocycles. The second-order valence-electron chi connectivity index (χ2n) is 6.40. The van der Waals surface area contributed by atoms with Gasteiger partial charge in [0.25, 0.3) is 0 Å². The van der Waals surface area contributed by atoms with E-state index >= 15 is 0 Å². The first-order valence-electron chi connectivity index (χ1n) is 8.38. The number of furan rings is 1. The van der Waals surface area contributed by atoms with Crippen LogP contribution >= 0.6 is 12.2 Å². The molecule has 0 radical (unpaired) electrons. The number of benzene rings is 1. The van der Waals surface area contributed by atoms with Gasteiger partial charge in [-0.2, -0.15) is 0 Å². The normalized spacial score (nSPS) is 17.0. The molecule has 1 unspecified atom stereocenters. The average Bonchev–Trinajstić information content (AvgIpc) is 3.19. The first kappa shape index (κ1) is 17.0. The van der Waals surface area contributed by atoms with Crippen LogP contribution in [0.1, 0.15) is 29.7 Å². The minimum absolute atomic E-state index is 0.235. The van der Waals surface area contributed by atoms with E-state index in [1.807, 2.05) is 12.1 Å². The van der Waals surface area contributed by atoms with E-state index in [1.54, 1.807) is 6.26 Å². The van der Waals surface area contributed by atoms with Crippen LogP contribution in [0.4, 0.5) is 5.69 Å². The third-order valence-corrected chi connectivity index (χ3v) is 4.50. The number of anilines is 1. The number of nitrogens with zero attached hydrogens (tertiary/aromatic N) is 1. The van der Waals surface area contributed by atoms with E-state index in [-0.39, 0.29) is 6.10 Å². The van der Waals surface area contributed by atoms with Gasteiger partial charge in [-0.3, -0.25) is 0 Å². The van der Waals surface area contributed by atoms with Crippen molar-refractivity contribution in [2.45, 2.75) is 39.3 Å². The van der Waals surface area contributed by atoms with Crippen LogP contribution in [-0.4, -0.2) is 29.3 Å². The molecular weight excluding hydrogens is 320 g/mol. The number of ether oxygens (including phenoxy) is 1. The molecule has 1 aliphatic heterocycles. The van der Waals surface area contributed by atoms with E-state index in [2.05, 4.69) is 42.3 Å². The Kier molecular flexibility index (Phi) is 5.53. The van der Waals surface area contributed by atoms with Crippen molar-refractivity contribution >= 4 is 23.0 Å². The predicted molar refractivity (Wildman–Crippen MR) is 100 cm³/mol. The van der Waals surface area contributed by atoms with Gasteiger partial charge >= 0.3 is 0 Å². The van der Waals surface area contributed by atoms with Crippen molar-refractivity contribution in [2.75, 3.05) is 18.5 Å². The van der Waals surface area contributed by atoms with E-state index < -0.39 is 0 Å². The minimum Gasteiger partial charge on any atom is -0.467 e. The van der Waals surface area contributed by atoms with Crippen molar-refractivity contribution < 1.29 is 9.15 Å². The Morgan fingerprint density at radius 1 is 1.29 bits per heavy atom. The molecule has 128 valence electrons. The largest absolute Gasteiger partial charge is 0.467 e. The molecule has 0 amide bonds. The maximum atomic E-state index is 5.78. The Morgan fingerprint density at radius 3 is 2.71 bits per heavy atom. The van der Waals surface area contributed by atoms with Gasteiger partial charge in [-0.1, -0.05) is 6.07 Å². The van der Waals surface area contributed by atoms with Gasteiger partial charge in [0.1, 0.15) is 5.76 Å². The fourth-order valence-corrected chi connectivity index (χ4v) is 3.35. The molecule has 0 bridgehead atoms. The Labute approximate surface area is 148 Å². The van der Waals surface area contributed by atoms with E-state index in [4.69, 9.17) is 21.4 Å². The summed E-state index contributed by atoms with van der Waals surface area (Å²) in [6.07, 6.45) is 4.14. The molecule has 3 rings (SSSR count). The quantitative estimate of drug-likeness (QED) is 0.820. The summed E-state index contributed by atoms with van der Waals surface area (Å²) in [6, 6.07) is 10.2. The van der Waals surface area contributed by atoms with Crippen molar-refractivity contribution in [1.29, 1.82) is 0 Å². The minimum atomic E-state index is 0.235. The van der Waals surface area contributed by atoms with Gasteiger partial charge in [-0.25, -0.2) is 0 Å². The summed E-state index contributed by atoms with van der Waals surface area (Å²) in [5.41, 5.74) is 3.46. The highest BCUT2D eigenvalue weighted by molar-refractivity contribution is 7.80. The zero-order valence-electron chi connectivity index (χ0n) is 14.2. The van der Waals surface area contributed by atoms with E-state index in [0.29, 0.717) is 11.7 Å². The van der Waals surface area contributed by atoms with Crippen molar-refractivity contribution in [3.63, 3.8) is 0 Å². The summed E-state index contributed by atoms with van der Waals surface area (Å²) in [5.74, 6) is 0.901. The Bertz CT molecular complexity index is 658. The molecule has 1 atom stereocenters. The molecule has 0 spiro atoms.